The van der Waals surface area contributed by atoms with E-state index < -0.39 is 11.7 Å². The normalized spacial score (nSPS) is 14.8. The predicted molar refractivity (Wildman–Crippen MR) is 117 cm³/mol. The summed E-state index contributed by atoms with van der Waals surface area (Å²) >= 11 is 0. The van der Waals surface area contributed by atoms with Crippen molar-refractivity contribution in [1.82, 2.24) is 15.1 Å². The minimum absolute atomic E-state index is 0.196. The van der Waals surface area contributed by atoms with Crippen molar-refractivity contribution >= 4 is 17.9 Å². The number of benzene rings is 1. The summed E-state index contributed by atoms with van der Waals surface area (Å²) in [6.07, 6.45) is 1.80. The van der Waals surface area contributed by atoms with E-state index in [0.717, 1.165) is 25.9 Å². The van der Waals surface area contributed by atoms with E-state index in [2.05, 4.69) is 24.1 Å². The molecule has 0 radical (unpaired) electrons. The van der Waals surface area contributed by atoms with Gasteiger partial charge < -0.3 is 15.0 Å². The summed E-state index contributed by atoms with van der Waals surface area (Å²) in [5, 5.41) is 2.76. The van der Waals surface area contributed by atoms with Crippen LogP contribution in [0.2, 0.25) is 0 Å². The molecule has 0 bridgehead atoms. The third-order valence-corrected chi connectivity index (χ3v) is 5.19. The largest absolute Gasteiger partial charge is 0.444 e. The third-order valence-electron chi connectivity index (χ3n) is 5.19. The van der Waals surface area contributed by atoms with Gasteiger partial charge in [-0.05, 0) is 65.3 Å². The fourth-order valence-corrected chi connectivity index (χ4v) is 3.63. The zero-order valence-electron chi connectivity index (χ0n) is 18.9. The van der Waals surface area contributed by atoms with Crippen LogP contribution in [0.5, 0.6) is 0 Å². The SMILES string of the molecule is CCN(CC)CC(CCCCNC(=O)OC(C)(C)C)N1C(=O)c2ccccc2C1=O. The number of carbonyl (C=O) groups excluding carboxylic acids is 3. The second-order valence-electron chi connectivity index (χ2n) is 8.59. The number of hydrogen-bond acceptors (Lipinski definition) is 5. The van der Waals surface area contributed by atoms with E-state index in [1.165, 1.54) is 4.90 Å². The Balaban J connectivity index is 1.97. The highest BCUT2D eigenvalue weighted by molar-refractivity contribution is 6.21. The molecule has 0 aliphatic carbocycles. The number of hydrogen-bond donors (Lipinski definition) is 1. The van der Waals surface area contributed by atoms with Crippen molar-refractivity contribution in [2.45, 2.75) is 65.5 Å². The van der Waals surface area contributed by atoms with Crippen molar-refractivity contribution in [3.05, 3.63) is 35.4 Å². The molecular formula is C23H35N3O4. The molecule has 0 saturated carbocycles. The first-order chi connectivity index (χ1) is 14.2. The first kappa shape index (κ1) is 23.9. The average Bonchev–Trinajstić information content (AvgIpc) is 2.94. The molecular weight excluding hydrogens is 382 g/mol. The van der Waals surface area contributed by atoms with Gasteiger partial charge in [-0.1, -0.05) is 26.0 Å². The molecule has 1 heterocycles. The monoisotopic (exact) mass is 417 g/mol. The minimum atomic E-state index is -0.523. The molecule has 0 spiro atoms. The Hall–Kier alpha value is -2.41. The van der Waals surface area contributed by atoms with Crippen molar-refractivity contribution in [3.63, 3.8) is 0 Å². The van der Waals surface area contributed by atoms with Crippen molar-refractivity contribution in [3.8, 4) is 0 Å². The zero-order valence-corrected chi connectivity index (χ0v) is 18.9. The van der Waals surface area contributed by atoms with Gasteiger partial charge in [-0.25, -0.2) is 4.79 Å². The van der Waals surface area contributed by atoms with Gasteiger partial charge in [0, 0.05) is 13.1 Å². The highest BCUT2D eigenvalue weighted by atomic mass is 16.6. The summed E-state index contributed by atoms with van der Waals surface area (Å²) < 4.78 is 5.24. The fourth-order valence-electron chi connectivity index (χ4n) is 3.63. The van der Waals surface area contributed by atoms with E-state index in [1.54, 1.807) is 24.3 Å². The molecule has 2 rings (SSSR count). The van der Waals surface area contributed by atoms with Crippen LogP contribution >= 0.6 is 0 Å². The Morgan fingerprint density at radius 3 is 2.13 bits per heavy atom. The molecule has 1 aliphatic heterocycles. The molecule has 1 atom stereocenters. The van der Waals surface area contributed by atoms with Gasteiger partial charge in [-0.2, -0.15) is 0 Å². The van der Waals surface area contributed by atoms with Crippen LogP contribution in [0, 0.1) is 0 Å². The van der Waals surface area contributed by atoms with E-state index in [9.17, 15) is 14.4 Å². The summed E-state index contributed by atoms with van der Waals surface area (Å²) in [4.78, 5) is 41.3. The summed E-state index contributed by atoms with van der Waals surface area (Å²) in [5.74, 6) is -0.417. The van der Waals surface area contributed by atoms with E-state index in [4.69, 9.17) is 4.74 Å². The Bertz CT molecular complexity index is 718. The molecule has 0 fully saturated rings. The Kier molecular flexibility index (Phi) is 8.41. The van der Waals surface area contributed by atoms with Gasteiger partial charge in [0.2, 0.25) is 0 Å². The van der Waals surface area contributed by atoms with Crippen LogP contribution in [0.4, 0.5) is 4.79 Å². The van der Waals surface area contributed by atoms with Crippen LogP contribution in [0.1, 0.15) is 74.6 Å². The van der Waals surface area contributed by atoms with Gasteiger partial charge in [-0.15, -0.1) is 0 Å². The van der Waals surface area contributed by atoms with E-state index >= 15 is 0 Å². The number of fused-ring (bicyclic) bond motifs is 1. The highest BCUT2D eigenvalue weighted by Crippen LogP contribution is 2.26. The van der Waals surface area contributed by atoms with Crippen LogP contribution in [0.25, 0.3) is 0 Å². The third kappa shape index (κ3) is 6.29. The van der Waals surface area contributed by atoms with Gasteiger partial charge >= 0.3 is 6.09 Å². The van der Waals surface area contributed by atoms with Gasteiger partial charge in [0.15, 0.2) is 0 Å². The second-order valence-corrected chi connectivity index (χ2v) is 8.59. The van der Waals surface area contributed by atoms with E-state index in [-0.39, 0.29) is 17.9 Å². The molecule has 1 aliphatic rings. The number of nitrogens with one attached hydrogen (secondary N) is 1. The molecule has 30 heavy (non-hydrogen) atoms. The molecule has 1 aromatic rings. The molecule has 0 aromatic heterocycles. The summed E-state index contributed by atoms with van der Waals surface area (Å²) in [6.45, 7) is 12.5. The molecule has 166 valence electrons. The van der Waals surface area contributed by atoms with Crippen LogP contribution in [-0.4, -0.2) is 65.5 Å². The van der Waals surface area contributed by atoms with Crippen molar-refractivity contribution in [2.75, 3.05) is 26.2 Å². The number of amides is 3. The molecule has 7 nitrogen and oxygen atoms in total. The first-order valence-electron chi connectivity index (χ1n) is 10.8. The predicted octanol–water partition coefficient (Wildman–Crippen LogP) is 3.69. The number of carbonyl (C=O) groups is 3. The molecule has 1 unspecified atom stereocenters. The first-order valence-corrected chi connectivity index (χ1v) is 10.8. The Morgan fingerprint density at radius 2 is 1.63 bits per heavy atom. The summed E-state index contributed by atoms with van der Waals surface area (Å²) in [7, 11) is 0. The van der Waals surface area contributed by atoms with E-state index in [0.29, 0.717) is 30.6 Å². The smallest absolute Gasteiger partial charge is 0.407 e. The molecule has 1 N–H and O–H groups in total. The highest BCUT2D eigenvalue weighted by Gasteiger charge is 2.39. The number of imide groups is 1. The van der Waals surface area contributed by atoms with Crippen LogP contribution < -0.4 is 5.32 Å². The number of rotatable bonds is 10. The lowest BCUT2D eigenvalue weighted by molar-refractivity contribution is 0.0526. The molecule has 3 amide bonds. The van der Waals surface area contributed by atoms with Crippen LogP contribution in [0.3, 0.4) is 0 Å². The molecule has 0 saturated heterocycles. The second kappa shape index (κ2) is 10.6. The Morgan fingerprint density at radius 1 is 1.07 bits per heavy atom. The lowest BCUT2D eigenvalue weighted by Crippen LogP contribution is -2.47. The molecule has 7 heteroatoms. The number of nitrogens with zero attached hydrogens (tertiary/aromatic N) is 2. The average molecular weight is 418 g/mol. The standard InChI is InChI=1S/C23H35N3O4/c1-6-25(7-2)16-17(12-10-11-15-24-22(29)30-23(3,4)5)26-20(27)18-13-8-9-14-19(18)21(26)28/h8-9,13-14,17H,6-7,10-12,15-16H2,1-5H3,(H,24,29). The lowest BCUT2D eigenvalue weighted by Gasteiger charge is -2.31. The maximum absolute atomic E-state index is 12.9. The van der Waals surface area contributed by atoms with Gasteiger partial charge in [0.05, 0.1) is 17.2 Å². The maximum Gasteiger partial charge on any atom is 0.407 e. The Labute approximate surface area is 179 Å². The number of ether oxygens (including phenoxy) is 1. The quantitative estimate of drug-likeness (QED) is 0.464. The van der Waals surface area contributed by atoms with Crippen LogP contribution in [-0.2, 0) is 4.74 Å². The number of likely N-dealkylation sites (N-methyl/N-ethyl adjacent to an activating group) is 1. The summed E-state index contributed by atoms with van der Waals surface area (Å²) in [6, 6.07) is 6.81. The van der Waals surface area contributed by atoms with Gasteiger partial charge in [0.1, 0.15) is 5.60 Å². The lowest BCUT2D eigenvalue weighted by atomic mass is 10.1. The number of unbranched alkanes of at least 4 members (excludes halogenated alkanes) is 1. The fraction of sp³-hybridized carbons (Fsp3) is 0.609. The topological polar surface area (TPSA) is 79.0 Å². The van der Waals surface area contributed by atoms with E-state index in [1.807, 2.05) is 20.8 Å². The van der Waals surface area contributed by atoms with Gasteiger partial charge in [-0.3, -0.25) is 14.5 Å². The van der Waals surface area contributed by atoms with Crippen molar-refractivity contribution < 1.29 is 19.1 Å². The van der Waals surface area contributed by atoms with Crippen molar-refractivity contribution in [1.29, 1.82) is 0 Å². The van der Waals surface area contributed by atoms with Crippen molar-refractivity contribution in [2.24, 2.45) is 0 Å². The summed E-state index contributed by atoms with van der Waals surface area (Å²) in [5.41, 5.74) is 0.446. The van der Waals surface area contributed by atoms with Gasteiger partial charge in [0.25, 0.3) is 11.8 Å². The molecule has 1 aromatic carbocycles. The minimum Gasteiger partial charge on any atom is -0.444 e. The maximum atomic E-state index is 12.9. The number of alkyl carbamates (subject to hydrolysis) is 1. The van der Waals surface area contributed by atoms with Crippen LogP contribution in [0.15, 0.2) is 24.3 Å². The zero-order chi connectivity index (χ0) is 22.3.